The molecule has 0 spiro atoms. The molecule has 134 valence electrons. The Balaban J connectivity index is 1.40. The predicted octanol–water partition coefficient (Wildman–Crippen LogP) is 6.36. The van der Waals surface area contributed by atoms with Gasteiger partial charge in [-0.25, -0.2) is 0 Å². The molecule has 0 unspecified atom stereocenters. The number of benzene rings is 2. The average Bonchev–Trinajstić information content (AvgIpc) is 3.28. The molecule has 1 heteroatoms. The molecule has 26 heavy (non-hydrogen) atoms. The molecule has 2 aromatic rings. The number of fused-ring (bicyclic) bond motifs is 1. The lowest BCUT2D eigenvalue weighted by molar-refractivity contribution is 0.793. The van der Waals surface area contributed by atoms with E-state index < -0.39 is 0 Å². The highest BCUT2D eigenvalue weighted by atomic mass is 14.8. The molecule has 0 bridgehead atoms. The summed E-state index contributed by atoms with van der Waals surface area (Å²) in [4.78, 5) is 5.03. The molecule has 0 atom stereocenters. The first-order valence-electron chi connectivity index (χ1n) is 10.2. The number of aryl methyl sites for hydroxylation is 4. The third-order valence-corrected chi connectivity index (χ3v) is 5.91. The van der Waals surface area contributed by atoms with Gasteiger partial charge in [0.1, 0.15) is 0 Å². The molecule has 0 aromatic heterocycles. The van der Waals surface area contributed by atoms with Crippen LogP contribution < -0.4 is 0 Å². The summed E-state index contributed by atoms with van der Waals surface area (Å²) in [6, 6.07) is 16.0. The fraction of sp³-hybridized carbons (Fsp3) is 0.400. The SMILES string of the molecule is CCC1=C(CCCc2ccc3c(c2)CCC3)N=C(c2ccc(C)cc2)C1. The van der Waals surface area contributed by atoms with Crippen molar-refractivity contribution in [3.05, 3.63) is 81.6 Å². The molecule has 1 aliphatic heterocycles. The van der Waals surface area contributed by atoms with Crippen molar-refractivity contribution in [2.24, 2.45) is 4.99 Å². The monoisotopic (exact) mass is 343 g/mol. The summed E-state index contributed by atoms with van der Waals surface area (Å²) < 4.78 is 0. The zero-order chi connectivity index (χ0) is 17.9. The van der Waals surface area contributed by atoms with E-state index in [1.807, 2.05) is 0 Å². The average molecular weight is 344 g/mol. The maximum absolute atomic E-state index is 5.03. The molecule has 1 nitrogen and oxygen atoms in total. The van der Waals surface area contributed by atoms with Crippen LogP contribution in [0.25, 0.3) is 0 Å². The standard InChI is InChI=1S/C25H29N/c1-3-20-17-25(22-13-10-18(2)11-14-22)26-24(20)9-4-6-19-12-15-21-7-5-8-23(21)16-19/h10-16H,3-9,17H2,1-2H3. The number of allylic oxidation sites excluding steroid dienone is 2. The molecular weight excluding hydrogens is 314 g/mol. The van der Waals surface area contributed by atoms with Gasteiger partial charge in [0.25, 0.3) is 0 Å². The molecular formula is C25H29N. The van der Waals surface area contributed by atoms with Crippen LogP contribution in [-0.4, -0.2) is 5.71 Å². The van der Waals surface area contributed by atoms with Crippen LogP contribution in [0.15, 0.2) is 58.7 Å². The smallest absolute Gasteiger partial charge is 0.0520 e. The Morgan fingerprint density at radius 3 is 2.54 bits per heavy atom. The lowest BCUT2D eigenvalue weighted by Gasteiger charge is -2.06. The van der Waals surface area contributed by atoms with Gasteiger partial charge < -0.3 is 0 Å². The minimum Gasteiger partial charge on any atom is -0.257 e. The van der Waals surface area contributed by atoms with E-state index in [1.165, 1.54) is 65.8 Å². The van der Waals surface area contributed by atoms with Crippen molar-refractivity contribution >= 4 is 5.71 Å². The highest BCUT2D eigenvalue weighted by Gasteiger charge is 2.18. The van der Waals surface area contributed by atoms with Gasteiger partial charge in [-0.15, -0.1) is 0 Å². The Morgan fingerprint density at radius 2 is 1.73 bits per heavy atom. The summed E-state index contributed by atoms with van der Waals surface area (Å²) in [6.07, 6.45) is 9.52. The van der Waals surface area contributed by atoms with Crippen LogP contribution in [-0.2, 0) is 19.3 Å². The zero-order valence-electron chi connectivity index (χ0n) is 16.1. The quantitative estimate of drug-likeness (QED) is 0.578. The van der Waals surface area contributed by atoms with Crippen LogP contribution in [0.1, 0.15) is 66.8 Å². The largest absolute Gasteiger partial charge is 0.257 e. The third kappa shape index (κ3) is 3.67. The maximum atomic E-state index is 5.03. The summed E-state index contributed by atoms with van der Waals surface area (Å²) in [7, 11) is 0. The topological polar surface area (TPSA) is 12.4 Å². The van der Waals surface area contributed by atoms with Crippen molar-refractivity contribution in [2.75, 3.05) is 0 Å². The highest BCUT2D eigenvalue weighted by Crippen LogP contribution is 2.30. The predicted molar refractivity (Wildman–Crippen MR) is 111 cm³/mol. The molecule has 0 saturated heterocycles. The first-order valence-corrected chi connectivity index (χ1v) is 10.2. The fourth-order valence-corrected chi connectivity index (χ4v) is 4.30. The van der Waals surface area contributed by atoms with Crippen LogP contribution in [0.4, 0.5) is 0 Å². The second kappa shape index (κ2) is 7.61. The molecule has 0 N–H and O–H groups in total. The van der Waals surface area contributed by atoms with Crippen LogP contribution in [0.2, 0.25) is 0 Å². The molecule has 4 rings (SSSR count). The number of rotatable bonds is 6. The molecule has 2 aromatic carbocycles. The minimum atomic E-state index is 1.04. The normalized spacial score (nSPS) is 16.2. The third-order valence-electron chi connectivity index (χ3n) is 5.91. The van der Waals surface area contributed by atoms with Gasteiger partial charge in [0.2, 0.25) is 0 Å². The van der Waals surface area contributed by atoms with Crippen molar-refractivity contribution in [1.29, 1.82) is 0 Å². The van der Waals surface area contributed by atoms with Gasteiger partial charge >= 0.3 is 0 Å². The van der Waals surface area contributed by atoms with Gasteiger partial charge in [0.05, 0.1) is 5.71 Å². The first kappa shape index (κ1) is 17.3. The Bertz CT molecular complexity index is 852. The van der Waals surface area contributed by atoms with E-state index in [0.29, 0.717) is 0 Å². The first-order chi connectivity index (χ1) is 12.7. The lowest BCUT2D eigenvalue weighted by Crippen LogP contribution is -1.97. The van der Waals surface area contributed by atoms with Crippen LogP contribution in [0.3, 0.4) is 0 Å². The lowest BCUT2D eigenvalue weighted by atomic mass is 9.99. The number of aliphatic imine (C=N–C) groups is 1. The zero-order valence-corrected chi connectivity index (χ0v) is 16.1. The Hall–Kier alpha value is -2.15. The van der Waals surface area contributed by atoms with Crippen molar-refractivity contribution in [1.82, 2.24) is 0 Å². The fourth-order valence-electron chi connectivity index (χ4n) is 4.30. The van der Waals surface area contributed by atoms with Gasteiger partial charge in [-0.3, -0.25) is 4.99 Å². The van der Waals surface area contributed by atoms with Crippen molar-refractivity contribution < 1.29 is 0 Å². The van der Waals surface area contributed by atoms with Crippen LogP contribution in [0.5, 0.6) is 0 Å². The summed E-state index contributed by atoms with van der Waals surface area (Å²) >= 11 is 0. The van der Waals surface area contributed by atoms with E-state index in [2.05, 4.69) is 56.3 Å². The number of hydrogen-bond donors (Lipinski definition) is 0. The Labute approximate surface area is 157 Å². The van der Waals surface area contributed by atoms with Crippen LogP contribution in [0, 0.1) is 6.92 Å². The summed E-state index contributed by atoms with van der Waals surface area (Å²) in [6.45, 7) is 4.41. The second-order valence-corrected chi connectivity index (χ2v) is 7.82. The van der Waals surface area contributed by atoms with E-state index in [1.54, 1.807) is 11.1 Å². The van der Waals surface area contributed by atoms with Gasteiger partial charge in [0.15, 0.2) is 0 Å². The van der Waals surface area contributed by atoms with E-state index in [-0.39, 0.29) is 0 Å². The number of nitrogens with zero attached hydrogens (tertiary/aromatic N) is 1. The molecule has 0 radical (unpaired) electrons. The van der Waals surface area contributed by atoms with Crippen molar-refractivity contribution in [2.45, 2.75) is 65.2 Å². The van der Waals surface area contributed by atoms with Gasteiger partial charge in [0, 0.05) is 12.1 Å². The number of hydrogen-bond acceptors (Lipinski definition) is 1. The minimum absolute atomic E-state index is 1.04. The van der Waals surface area contributed by atoms with Crippen LogP contribution >= 0.6 is 0 Å². The Morgan fingerprint density at radius 1 is 0.923 bits per heavy atom. The maximum Gasteiger partial charge on any atom is 0.0520 e. The summed E-state index contributed by atoms with van der Waals surface area (Å²) in [5, 5.41) is 0. The molecule has 0 fully saturated rings. The van der Waals surface area contributed by atoms with Gasteiger partial charge in [-0.1, -0.05) is 55.0 Å². The van der Waals surface area contributed by atoms with E-state index in [9.17, 15) is 0 Å². The molecule has 1 aliphatic carbocycles. The van der Waals surface area contributed by atoms with E-state index >= 15 is 0 Å². The summed E-state index contributed by atoms with van der Waals surface area (Å²) in [5.74, 6) is 0. The molecule has 0 saturated carbocycles. The van der Waals surface area contributed by atoms with Crippen molar-refractivity contribution in [3.63, 3.8) is 0 Å². The summed E-state index contributed by atoms with van der Waals surface area (Å²) in [5.41, 5.74) is 11.4. The van der Waals surface area contributed by atoms with Crippen molar-refractivity contribution in [3.8, 4) is 0 Å². The van der Waals surface area contributed by atoms with Gasteiger partial charge in [-0.2, -0.15) is 0 Å². The molecule has 1 heterocycles. The second-order valence-electron chi connectivity index (χ2n) is 7.82. The Kier molecular flexibility index (Phi) is 5.06. The molecule has 2 aliphatic rings. The van der Waals surface area contributed by atoms with Gasteiger partial charge in [-0.05, 0) is 79.7 Å². The molecule has 0 amide bonds. The van der Waals surface area contributed by atoms with E-state index in [0.717, 1.165) is 19.3 Å². The highest BCUT2D eigenvalue weighted by molar-refractivity contribution is 6.04. The van der Waals surface area contributed by atoms with E-state index in [4.69, 9.17) is 4.99 Å².